The van der Waals surface area contributed by atoms with Gasteiger partial charge in [0.2, 0.25) is 11.8 Å². The molecule has 34 heavy (non-hydrogen) atoms. The Kier molecular flexibility index (Phi) is 7.38. The molecule has 1 aromatic heterocycles. The van der Waals surface area contributed by atoms with E-state index in [9.17, 15) is 9.59 Å². The van der Waals surface area contributed by atoms with Crippen molar-refractivity contribution >= 4 is 35.1 Å². The number of benzene rings is 1. The number of nitrogens with zero attached hydrogens (tertiary/aromatic N) is 4. The van der Waals surface area contributed by atoms with Crippen LogP contribution in [0.15, 0.2) is 30.6 Å². The number of rotatable bonds is 6. The number of fused-ring (bicyclic) bond motifs is 1. The molecule has 0 spiro atoms. The first kappa shape index (κ1) is 24.4. The number of aromatic nitrogens is 2. The Morgan fingerprint density at radius 1 is 1.21 bits per heavy atom. The topological polar surface area (TPSA) is 90.5 Å². The lowest BCUT2D eigenvalue weighted by Gasteiger charge is -2.43. The third-order valence-corrected chi connectivity index (χ3v) is 6.87. The van der Waals surface area contributed by atoms with E-state index in [2.05, 4.69) is 46.3 Å². The van der Waals surface area contributed by atoms with Gasteiger partial charge in [-0.15, -0.1) is 0 Å². The molecule has 8 nitrogen and oxygen atoms in total. The van der Waals surface area contributed by atoms with Gasteiger partial charge in [-0.3, -0.25) is 9.59 Å². The van der Waals surface area contributed by atoms with Crippen molar-refractivity contribution in [2.24, 2.45) is 0 Å². The Morgan fingerprint density at radius 2 is 1.94 bits per heavy atom. The first-order chi connectivity index (χ1) is 16.2. The molecule has 1 unspecified atom stereocenters. The van der Waals surface area contributed by atoms with Gasteiger partial charge in [0.05, 0.1) is 5.92 Å². The SMILES string of the molecule is CC(C)NCC(C(=O)N1CCN(c2ncnc3c2[C@H](C)CC(=O)N3)C[C@H]1C)c1ccc(Cl)cc1. The van der Waals surface area contributed by atoms with Crippen molar-refractivity contribution in [2.75, 3.05) is 36.4 Å². The molecule has 2 aliphatic rings. The molecule has 4 rings (SSSR count). The van der Waals surface area contributed by atoms with Gasteiger partial charge in [-0.25, -0.2) is 9.97 Å². The highest BCUT2D eigenvalue weighted by molar-refractivity contribution is 6.30. The van der Waals surface area contributed by atoms with Crippen LogP contribution < -0.4 is 15.5 Å². The number of piperazine rings is 1. The van der Waals surface area contributed by atoms with Gasteiger partial charge in [0, 0.05) is 55.3 Å². The molecular weight excluding hydrogens is 452 g/mol. The second kappa shape index (κ2) is 10.3. The quantitative estimate of drug-likeness (QED) is 0.653. The molecule has 182 valence electrons. The van der Waals surface area contributed by atoms with Gasteiger partial charge in [-0.2, -0.15) is 0 Å². The minimum absolute atomic E-state index is 0.00852. The predicted octanol–water partition coefficient (Wildman–Crippen LogP) is 3.39. The fraction of sp³-hybridized carbons (Fsp3) is 0.520. The van der Waals surface area contributed by atoms with E-state index in [1.807, 2.05) is 36.1 Å². The number of nitrogens with one attached hydrogen (secondary N) is 2. The lowest BCUT2D eigenvalue weighted by molar-refractivity contribution is -0.135. The van der Waals surface area contributed by atoms with Crippen LogP contribution in [0, 0.1) is 0 Å². The molecule has 0 bridgehead atoms. The number of carbonyl (C=O) groups excluding carboxylic acids is 2. The summed E-state index contributed by atoms with van der Waals surface area (Å²) in [6.45, 7) is 10.8. The second-order valence-corrected chi connectivity index (χ2v) is 10.0. The van der Waals surface area contributed by atoms with Crippen LogP contribution in [0.4, 0.5) is 11.6 Å². The van der Waals surface area contributed by atoms with E-state index in [-0.39, 0.29) is 35.7 Å². The number of anilines is 2. The van der Waals surface area contributed by atoms with Gasteiger partial charge in [-0.05, 0) is 30.5 Å². The summed E-state index contributed by atoms with van der Waals surface area (Å²) in [4.78, 5) is 38.7. The van der Waals surface area contributed by atoms with Crippen molar-refractivity contribution in [2.45, 2.75) is 58.0 Å². The van der Waals surface area contributed by atoms with Crippen LogP contribution in [0.2, 0.25) is 5.02 Å². The Bertz CT molecular complexity index is 1040. The van der Waals surface area contributed by atoms with E-state index >= 15 is 0 Å². The number of amides is 2. The summed E-state index contributed by atoms with van der Waals surface area (Å²) in [6, 6.07) is 7.85. The lowest BCUT2D eigenvalue weighted by Crippen LogP contribution is -2.56. The molecular formula is C25H33ClN6O2. The predicted molar refractivity (Wildman–Crippen MR) is 134 cm³/mol. The van der Waals surface area contributed by atoms with Crippen molar-refractivity contribution in [1.29, 1.82) is 0 Å². The van der Waals surface area contributed by atoms with Crippen LogP contribution in [0.1, 0.15) is 57.1 Å². The van der Waals surface area contributed by atoms with E-state index in [0.29, 0.717) is 43.4 Å². The molecule has 1 saturated heterocycles. The van der Waals surface area contributed by atoms with Crippen molar-refractivity contribution in [3.8, 4) is 0 Å². The Hall–Kier alpha value is -2.71. The fourth-order valence-electron chi connectivity index (χ4n) is 4.83. The number of hydrogen-bond acceptors (Lipinski definition) is 6. The van der Waals surface area contributed by atoms with E-state index in [0.717, 1.165) is 16.9 Å². The molecule has 1 aromatic carbocycles. The summed E-state index contributed by atoms with van der Waals surface area (Å²) in [5.41, 5.74) is 1.95. The van der Waals surface area contributed by atoms with Gasteiger partial charge in [0.1, 0.15) is 18.0 Å². The maximum absolute atomic E-state index is 13.7. The average Bonchev–Trinajstić information content (AvgIpc) is 2.79. The first-order valence-electron chi connectivity index (χ1n) is 11.9. The van der Waals surface area contributed by atoms with Crippen molar-refractivity contribution < 1.29 is 9.59 Å². The largest absolute Gasteiger partial charge is 0.352 e. The Balaban J connectivity index is 1.52. The van der Waals surface area contributed by atoms with Crippen LogP contribution in [-0.2, 0) is 9.59 Å². The summed E-state index contributed by atoms with van der Waals surface area (Å²) in [5, 5.41) is 6.96. The Morgan fingerprint density at radius 3 is 2.62 bits per heavy atom. The highest BCUT2D eigenvalue weighted by Gasteiger charge is 2.35. The second-order valence-electron chi connectivity index (χ2n) is 9.61. The molecule has 2 N–H and O–H groups in total. The molecule has 1 fully saturated rings. The zero-order valence-corrected chi connectivity index (χ0v) is 21.0. The number of hydrogen-bond donors (Lipinski definition) is 2. The van der Waals surface area contributed by atoms with Crippen LogP contribution in [-0.4, -0.2) is 64.9 Å². The van der Waals surface area contributed by atoms with E-state index in [1.165, 1.54) is 6.33 Å². The summed E-state index contributed by atoms with van der Waals surface area (Å²) in [5.74, 6) is 1.32. The molecule has 2 amide bonds. The van der Waals surface area contributed by atoms with Gasteiger partial charge < -0.3 is 20.4 Å². The fourth-order valence-corrected chi connectivity index (χ4v) is 4.95. The third-order valence-electron chi connectivity index (χ3n) is 6.62. The normalized spacial score (nSPS) is 21.3. The molecule has 0 saturated carbocycles. The first-order valence-corrected chi connectivity index (χ1v) is 12.3. The summed E-state index contributed by atoms with van der Waals surface area (Å²) in [7, 11) is 0. The highest BCUT2D eigenvalue weighted by atomic mass is 35.5. The average molecular weight is 485 g/mol. The van der Waals surface area contributed by atoms with Crippen molar-refractivity contribution in [3.63, 3.8) is 0 Å². The summed E-state index contributed by atoms with van der Waals surface area (Å²) in [6.07, 6.45) is 1.93. The van der Waals surface area contributed by atoms with Crippen molar-refractivity contribution in [3.05, 3.63) is 46.7 Å². The van der Waals surface area contributed by atoms with Crippen LogP contribution in [0.5, 0.6) is 0 Å². The molecule has 3 heterocycles. The summed E-state index contributed by atoms with van der Waals surface area (Å²) >= 11 is 6.09. The number of halogens is 1. The monoisotopic (exact) mass is 484 g/mol. The van der Waals surface area contributed by atoms with Gasteiger partial charge in [0.15, 0.2) is 0 Å². The molecule has 0 radical (unpaired) electrons. The molecule has 0 aliphatic carbocycles. The lowest BCUT2D eigenvalue weighted by atomic mass is 9.93. The number of carbonyl (C=O) groups is 2. The zero-order chi connectivity index (χ0) is 24.4. The standard InChI is InChI=1S/C25H33ClN6O2/c1-15(2)27-12-20(18-5-7-19(26)8-6-18)25(34)32-10-9-31(13-17(32)4)24-22-16(3)11-21(33)30-23(22)28-14-29-24/h5-8,14-17,20,27H,9-13H2,1-4H3,(H,28,29,30,33)/t16-,17-,20?/m1/s1. The zero-order valence-electron chi connectivity index (χ0n) is 20.2. The highest BCUT2D eigenvalue weighted by Crippen LogP contribution is 2.37. The third kappa shape index (κ3) is 5.18. The smallest absolute Gasteiger partial charge is 0.231 e. The van der Waals surface area contributed by atoms with Crippen LogP contribution >= 0.6 is 11.6 Å². The molecule has 2 aromatic rings. The Labute approximate surface area is 206 Å². The van der Waals surface area contributed by atoms with Gasteiger partial charge in [0.25, 0.3) is 0 Å². The van der Waals surface area contributed by atoms with Gasteiger partial charge in [-0.1, -0.05) is 44.5 Å². The summed E-state index contributed by atoms with van der Waals surface area (Å²) < 4.78 is 0. The van der Waals surface area contributed by atoms with Crippen molar-refractivity contribution in [1.82, 2.24) is 20.2 Å². The molecule has 2 aliphatic heterocycles. The maximum Gasteiger partial charge on any atom is 0.231 e. The molecule has 3 atom stereocenters. The van der Waals surface area contributed by atoms with E-state index in [1.54, 1.807) is 0 Å². The van der Waals surface area contributed by atoms with E-state index < -0.39 is 0 Å². The minimum atomic E-state index is -0.282. The van der Waals surface area contributed by atoms with Crippen LogP contribution in [0.25, 0.3) is 0 Å². The van der Waals surface area contributed by atoms with Crippen LogP contribution in [0.3, 0.4) is 0 Å². The minimum Gasteiger partial charge on any atom is -0.352 e. The molecule has 9 heteroatoms. The maximum atomic E-state index is 13.7. The van der Waals surface area contributed by atoms with E-state index in [4.69, 9.17) is 11.6 Å². The van der Waals surface area contributed by atoms with Gasteiger partial charge >= 0.3 is 0 Å².